The molecule has 0 unspecified atom stereocenters. The molecule has 0 amide bonds. The maximum Gasteiger partial charge on any atom is 0.227 e. The predicted octanol–water partition coefficient (Wildman–Crippen LogP) is 10.7. The van der Waals surface area contributed by atoms with Gasteiger partial charge in [-0.2, -0.15) is 0 Å². The van der Waals surface area contributed by atoms with Crippen molar-refractivity contribution in [1.29, 1.82) is 0 Å². The highest BCUT2D eigenvalue weighted by molar-refractivity contribution is 6.16. The smallest absolute Gasteiger partial charge is 0.227 e. The van der Waals surface area contributed by atoms with Gasteiger partial charge in [0.15, 0.2) is 17.5 Å². The van der Waals surface area contributed by atoms with Gasteiger partial charge >= 0.3 is 0 Å². The lowest BCUT2D eigenvalue weighted by atomic mass is 9.98. The van der Waals surface area contributed by atoms with Gasteiger partial charge in [0.05, 0.1) is 0 Å². The lowest BCUT2D eigenvalue weighted by Crippen LogP contribution is -2.01. The van der Waals surface area contributed by atoms with Gasteiger partial charge in [-0.1, -0.05) is 78.9 Å². The zero-order valence-corrected chi connectivity index (χ0v) is 25.6. The molecule has 0 N–H and O–H groups in total. The summed E-state index contributed by atoms with van der Waals surface area (Å²) in [6.07, 6.45) is 7.97. The molecule has 0 spiro atoms. The highest BCUT2D eigenvalue weighted by Crippen LogP contribution is 2.48. The maximum absolute atomic E-state index is 6.35. The van der Waals surface area contributed by atoms with E-state index < -0.39 is 0 Å². The van der Waals surface area contributed by atoms with Crippen LogP contribution >= 0.6 is 0 Å². The van der Waals surface area contributed by atoms with Crippen molar-refractivity contribution in [3.8, 4) is 56.4 Å². The van der Waals surface area contributed by atoms with Crippen LogP contribution < -0.4 is 0 Å². The number of aryl methyl sites for hydroxylation is 1. The van der Waals surface area contributed by atoms with E-state index in [0.29, 0.717) is 23.2 Å². The second-order valence-electron chi connectivity index (χ2n) is 12.5. The normalized spacial score (nSPS) is 13.2. The fourth-order valence-electron chi connectivity index (χ4n) is 7.72. The minimum Gasteiger partial charge on any atom is -0.460 e. The summed E-state index contributed by atoms with van der Waals surface area (Å²) in [4.78, 5) is 20.2. The van der Waals surface area contributed by atoms with E-state index in [2.05, 4.69) is 83.9 Å². The van der Waals surface area contributed by atoms with Gasteiger partial charge in [-0.05, 0) is 75.8 Å². The average Bonchev–Trinajstić information content (AvgIpc) is 3.82. The number of hydrogen-bond donors (Lipinski definition) is 0. The van der Waals surface area contributed by atoms with Gasteiger partial charge in [0.2, 0.25) is 5.71 Å². The lowest BCUT2D eigenvalue weighted by molar-refractivity contribution is 0.546. The summed E-state index contributed by atoms with van der Waals surface area (Å²) in [6, 6.07) is 35.7. The summed E-state index contributed by atoms with van der Waals surface area (Å²) in [6.45, 7) is 0. The lowest BCUT2D eigenvalue weighted by Gasteiger charge is -2.12. The van der Waals surface area contributed by atoms with Gasteiger partial charge in [0.25, 0.3) is 0 Å². The molecule has 4 heterocycles. The van der Waals surface area contributed by atoms with Crippen molar-refractivity contribution < 1.29 is 8.83 Å². The minimum atomic E-state index is 0.572. The van der Waals surface area contributed by atoms with Crippen molar-refractivity contribution >= 4 is 49.9 Å². The zero-order chi connectivity index (χ0) is 31.3. The number of pyridine rings is 1. The Hall–Kier alpha value is -6.40. The molecule has 0 bridgehead atoms. The summed E-state index contributed by atoms with van der Waals surface area (Å²) >= 11 is 0. The largest absolute Gasteiger partial charge is 0.460 e. The SMILES string of the molecule is C1=Cc2c(oc3cccc(-c4nc(-c5cc6c7c(cccc7c5)-c5ccccc5-6)nc(-c5cccc6oc7ncccc7c56)n4)c23)CC1. The highest BCUT2D eigenvalue weighted by atomic mass is 16.3. The Labute approximate surface area is 274 Å². The molecule has 2 aliphatic rings. The number of aromatic nitrogens is 4. The molecule has 0 saturated heterocycles. The first kappa shape index (κ1) is 25.8. The molecule has 9 aromatic rings. The molecule has 0 radical (unpaired) electrons. The molecule has 0 saturated carbocycles. The molecule has 6 heteroatoms. The van der Waals surface area contributed by atoms with Crippen LogP contribution in [-0.2, 0) is 6.42 Å². The van der Waals surface area contributed by atoms with Gasteiger partial charge in [-0.25, -0.2) is 19.9 Å². The summed E-state index contributed by atoms with van der Waals surface area (Å²) in [5, 5.41) is 5.30. The van der Waals surface area contributed by atoms with Crippen LogP contribution in [0.4, 0.5) is 0 Å². The predicted molar refractivity (Wildman–Crippen MR) is 190 cm³/mol. The summed E-state index contributed by atoms with van der Waals surface area (Å²) in [7, 11) is 0. The van der Waals surface area contributed by atoms with Crippen LogP contribution in [-0.4, -0.2) is 19.9 Å². The van der Waals surface area contributed by atoms with Crippen molar-refractivity contribution in [2.75, 3.05) is 0 Å². The third-order valence-electron chi connectivity index (χ3n) is 9.78. The van der Waals surface area contributed by atoms with Gasteiger partial charge in [-0.3, -0.25) is 0 Å². The van der Waals surface area contributed by atoms with Crippen LogP contribution in [0.1, 0.15) is 17.7 Å². The summed E-state index contributed by atoms with van der Waals surface area (Å²) < 4.78 is 12.5. The van der Waals surface area contributed by atoms with E-state index >= 15 is 0 Å². The molecule has 224 valence electrons. The van der Waals surface area contributed by atoms with Gasteiger partial charge < -0.3 is 8.83 Å². The molecule has 11 rings (SSSR count). The molecule has 2 aliphatic carbocycles. The molecular weight excluding hydrogens is 592 g/mol. The van der Waals surface area contributed by atoms with Crippen molar-refractivity contribution in [1.82, 2.24) is 19.9 Å². The summed E-state index contributed by atoms with van der Waals surface area (Å²) in [5.74, 6) is 2.78. The third kappa shape index (κ3) is 3.57. The minimum absolute atomic E-state index is 0.572. The highest BCUT2D eigenvalue weighted by Gasteiger charge is 2.25. The Balaban J connectivity index is 1.22. The summed E-state index contributed by atoms with van der Waals surface area (Å²) in [5.41, 5.74) is 10.9. The number of allylic oxidation sites excluding steroid dienone is 1. The second kappa shape index (κ2) is 9.56. The van der Waals surface area contributed by atoms with E-state index in [0.717, 1.165) is 73.6 Å². The molecule has 0 atom stereocenters. The molecule has 4 aromatic heterocycles. The van der Waals surface area contributed by atoms with Crippen molar-refractivity contribution in [3.63, 3.8) is 0 Å². The van der Waals surface area contributed by atoms with Gasteiger partial charge in [0, 0.05) is 51.0 Å². The molecule has 5 aromatic carbocycles. The van der Waals surface area contributed by atoms with E-state index in [1.165, 1.54) is 27.6 Å². The van der Waals surface area contributed by atoms with Crippen LogP contribution in [0.2, 0.25) is 0 Å². The Morgan fingerprint density at radius 1 is 0.542 bits per heavy atom. The van der Waals surface area contributed by atoms with Gasteiger partial charge in [0.1, 0.15) is 16.9 Å². The van der Waals surface area contributed by atoms with E-state index in [9.17, 15) is 0 Å². The molecule has 48 heavy (non-hydrogen) atoms. The third-order valence-corrected chi connectivity index (χ3v) is 9.78. The molecule has 0 fully saturated rings. The zero-order valence-electron chi connectivity index (χ0n) is 25.6. The Bertz CT molecular complexity index is 2860. The van der Waals surface area contributed by atoms with Gasteiger partial charge in [-0.15, -0.1) is 0 Å². The monoisotopic (exact) mass is 616 g/mol. The second-order valence-corrected chi connectivity index (χ2v) is 12.5. The van der Waals surface area contributed by atoms with E-state index in [1.54, 1.807) is 6.20 Å². The van der Waals surface area contributed by atoms with Crippen molar-refractivity contribution in [3.05, 3.63) is 127 Å². The number of hydrogen-bond acceptors (Lipinski definition) is 6. The van der Waals surface area contributed by atoms with E-state index in [4.69, 9.17) is 23.8 Å². The molecule has 0 aliphatic heterocycles. The van der Waals surface area contributed by atoms with Crippen LogP contribution in [0.3, 0.4) is 0 Å². The number of fused-ring (bicyclic) bond motifs is 9. The first-order valence-electron chi connectivity index (χ1n) is 16.2. The standard InChI is InChI=1S/C42H24N4O2/c1-2-11-26-25(10-1)27-13-5-9-23-21-24(22-32(26)36(23)27)39-44-40(29-14-6-18-34-37(29)28-12-3-4-17-33(28)47-34)46-41(45-39)30-15-7-19-35-38(30)31-16-8-20-43-42(31)48-35/h1-3,5-16,18-22H,4,17H2. The van der Waals surface area contributed by atoms with Crippen LogP contribution in [0.25, 0.3) is 106 Å². The van der Waals surface area contributed by atoms with Crippen molar-refractivity contribution in [2.24, 2.45) is 0 Å². The number of benzene rings is 5. The Morgan fingerprint density at radius 2 is 1.25 bits per heavy atom. The number of furan rings is 2. The van der Waals surface area contributed by atoms with Crippen LogP contribution in [0.5, 0.6) is 0 Å². The first-order chi connectivity index (χ1) is 23.8. The van der Waals surface area contributed by atoms with Crippen LogP contribution in [0.15, 0.2) is 124 Å². The Kier molecular flexibility index (Phi) is 5.13. The molecular formula is C42H24N4O2. The van der Waals surface area contributed by atoms with Crippen LogP contribution in [0, 0.1) is 0 Å². The fraction of sp³-hybridized carbons (Fsp3) is 0.0476. The maximum atomic E-state index is 6.35. The number of rotatable bonds is 3. The average molecular weight is 617 g/mol. The fourth-order valence-corrected chi connectivity index (χ4v) is 7.72. The quantitative estimate of drug-likeness (QED) is 0.197. The van der Waals surface area contributed by atoms with E-state index in [1.807, 2.05) is 36.4 Å². The first-order valence-corrected chi connectivity index (χ1v) is 16.2. The van der Waals surface area contributed by atoms with E-state index in [-0.39, 0.29) is 0 Å². The van der Waals surface area contributed by atoms with Crippen molar-refractivity contribution in [2.45, 2.75) is 12.8 Å². The Morgan fingerprint density at radius 3 is 2.10 bits per heavy atom. The topological polar surface area (TPSA) is 77.8 Å². The molecule has 6 nitrogen and oxygen atoms in total. The number of nitrogens with zero attached hydrogens (tertiary/aromatic N) is 4.